The van der Waals surface area contributed by atoms with E-state index >= 15 is 0 Å². The number of carbonyl (C=O) groups is 2. The molecule has 0 saturated heterocycles. The van der Waals surface area contributed by atoms with E-state index in [0.717, 1.165) is 25.7 Å². The minimum atomic E-state index is -0.245. The van der Waals surface area contributed by atoms with Gasteiger partial charge in [0.2, 0.25) is 0 Å². The van der Waals surface area contributed by atoms with Gasteiger partial charge in [-0.05, 0) is 12.8 Å². The summed E-state index contributed by atoms with van der Waals surface area (Å²) in [4.78, 5) is 23.3. The number of halogens is 2. The SMILES string of the molecule is O=C(NCCCl)N[C@H]1CCCC[C@H]1NC(=O)NCCCl. The molecule has 0 heterocycles. The predicted molar refractivity (Wildman–Crippen MR) is 80.6 cm³/mol. The number of nitrogens with one attached hydrogen (secondary N) is 4. The summed E-state index contributed by atoms with van der Waals surface area (Å²) in [5, 5.41) is 11.1. The molecule has 0 aliphatic heterocycles. The lowest BCUT2D eigenvalue weighted by Gasteiger charge is -2.32. The Morgan fingerprint density at radius 1 is 0.850 bits per heavy atom. The van der Waals surface area contributed by atoms with Gasteiger partial charge in [-0.2, -0.15) is 0 Å². The second-order valence-electron chi connectivity index (χ2n) is 4.68. The molecule has 0 aromatic carbocycles. The summed E-state index contributed by atoms with van der Waals surface area (Å²) in [6.07, 6.45) is 3.80. The number of alkyl halides is 2. The predicted octanol–water partition coefficient (Wildman–Crippen LogP) is 1.37. The van der Waals surface area contributed by atoms with Gasteiger partial charge in [-0.1, -0.05) is 12.8 Å². The quantitative estimate of drug-likeness (QED) is 0.556. The van der Waals surface area contributed by atoms with E-state index in [1.807, 2.05) is 0 Å². The lowest BCUT2D eigenvalue weighted by atomic mass is 9.90. The van der Waals surface area contributed by atoms with Crippen LogP contribution in [0.3, 0.4) is 0 Å². The van der Waals surface area contributed by atoms with Gasteiger partial charge in [-0.25, -0.2) is 9.59 Å². The van der Waals surface area contributed by atoms with Gasteiger partial charge in [-0.15, -0.1) is 23.2 Å². The molecule has 0 bridgehead atoms. The van der Waals surface area contributed by atoms with E-state index in [4.69, 9.17) is 23.2 Å². The van der Waals surface area contributed by atoms with Crippen molar-refractivity contribution in [3.8, 4) is 0 Å². The van der Waals surface area contributed by atoms with Crippen LogP contribution < -0.4 is 21.3 Å². The highest BCUT2D eigenvalue weighted by Gasteiger charge is 2.27. The molecule has 0 aromatic rings. The minimum absolute atomic E-state index is 0.0548. The minimum Gasteiger partial charge on any atom is -0.337 e. The molecule has 116 valence electrons. The fourth-order valence-electron chi connectivity index (χ4n) is 2.24. The molecule has 1 aliphatic carbocycles. The van der Waals surface area contributed by atoms with Crippen LogP contribution in [-0.2, 0) is 0 Å². The Balaban J connectivity index is 2.41. The molecule has 0 spiro atoms. The van der Waals surface area contributed by atoms with Crippen LogP contribution in [0.4, 0.5) is 9.59 Å². The van der Waals surface area contributed by atoms with Crippen molar-refractivity contribution in [1.82, 2.24) is 21.3 Å². The zero-order valence-electron chi connectivity index (χ0n) is 11.4. The van der Waals surface area contributed by atoms with E-state index in [9.17, 15) is 9.59 Å². The molecule has 0 aromatic heterocycles. The van der Waals surface area contributed by atoms with Crippen molar-refractivity contribution in [2.45, 2.75) is 37.8 Å². The monoisotopic (exact) mass is 324 g/mol. The zero-order chi connectivity index (χ0) is 14.8. The van der Waals surface area contributed by atoms with Crippen molar-refractivity contribution in [1.29, 1.82) is 0 Å². The topological polar surface area (TPSA) is 82.3 Å². The number of urea groups is 2. The summed E-state index contributed by atoms with van der Waals surface area (Å²) < 4.78 is 0. The highest BCUT2D eigenvalue weighted by Crippen LogP contribution is 2.18. The maximum atomic E-state index is 11.6. The first-order valence-electron chi connectivity index (χ1n) is 6.88. The van der Waals surface area contributed by atoms with E-state index in [-0.39, 0.29) is 24.1 Å². The van der Waals surface area contributed by atoms with Crippen LogP contribution in [-0.4, -0.2) is 49.0 Å². The third-order valence-corrected chi connectivity index (χ3v) is 3.54. The molecule has 4 amide bonds. The second-order valence-corrected chi connectivity index (χ2v) is 5.43. The van der Waals surface area contributed by atoms with Crippen LogP contribution >= 0.6 is 23.2 Å². The van der Waals surface area contributed by atoms with Crippen molar-refractivity contribution in [3.05, 3.63) is 0 Å². The van der Waals surface area contributed by atoms with Crippen LogP contribution in [0.1, 0.15) is 25.7 Å². The highest BCUT2D eigenvalue weighted by molar-refractivity contribution is 6.18. The van der Waals surface area contributed by atoms with Crippen LogP contribution in [0.15, 0.2) is 0 Å². The largest absolute Gasteiger partial charge is 0.337 e. The van der Waals surface area contributed by atoms with Crippen molar-refractivity contribution in [2.75, 3.05) is 24.8 Å². The number of amides is 4. The molecule has 1 fully saturated rings. The fourth-order valence-corrected chi connectivity index (χ4v) is 2.43. The van der Waals surface area contributed by atoms with Gasteiger partial charge in [0.25, 0.3) is 0 Å². The van der Waals surface area contributed by atoms with E-state index in [2.05, 4.69) is 21.3 Å². The number of hydrogen-bond acceptors (Lipinski definition) is 2. The lowest BCUT2D eigenvalue weighted by Crippen LogP contribution is -2.56. The van der Waals surface area contributed by atoms with Crippen LogP contribution in [0, 0.1) is 0 Å². The first kappa shape index (κ1) is 17.2. The van der Waals surface area contributed by atoms with Gasteiger partial charge >= 0.3 is 12.1 Å². The Hall–Kier alpha value is -0.880. The normalized spacial score (nSPS) is 21.9. The maximum absolute atomic E-state index is 11.6. The summed E-state index contributed by atoms with van der Waals surface area (Å²) >= 11 is 11.0. The average molecular weight is 325 g/mol. The molecule has 20 heavy (non-hydrogen) atoms. The summed E-state index contributed by atoms with van der Waals surface area (Å²) in [7, 11) is 0. The Morgan fingerprint density at radius 2 is 1.25 bits per heavy atom. The van der Waals surface area contributed by atoms with Gasteiger partial charge < -0.3 is 21.3 Å². The van der Waals surface area contributed by atoms with Crippen molar-refractivity contribution in [3.63, 3.8) is 0 Å². The Bertz CT molecular complexity index is 288. The van der Waals surface area contributed by atoms with Gasteiger partial charge in [0.15, 0.2) is 0 Å². The standard InChI is InChI=1S/C12H22Cl2N4O2/c13-5-7-15-11(19)17-9-3-1-2-4-10(9)18-12(20)16-8-6-14/h9-10H,1-8H2,(H2,15,17,19)(H2,16,18,20)/t9-,10+. The van der Waals surface area contributed by atoms with Gasteiger partial charge in [0, 0.05) is 24.8 Å². The second kappa shape index (κ2) is 9.94. The summed E-state index contributed by atoms with van der Waals surface area (Å²) in [5.41, 5.74) is 0. The summed E-state index contributed by atoms with van der Waals surface area (Å²) in [5.74, 6) is 0.751. The van der Waals surface area contributed by atoms with Crippen LogP contribution in [0.2, 0.25) is 0 Å². The molecular weight excluding hydrogens is 303 g/mol. The van der Waals surface area contributed by atoms with E-state index < -0.39 is 0 Å². The van der Waals surface area contributed by atoms with Crippen molar-refractivity contribution in [2.24, 2.45) is 0 Å². The molecule has 8 heteroatoms. The van der Waals surface area contributed by atoms with E-state index in [1.165, 1.54) is 0 Å². The molecule has 0 radical (unpaired) electrons. The zero-order valence-corrected chi connectivity index (χ0v) is 12.9. The molecular formula is C12H22Cl2N4O2. The van der Waals surface area contributed by atoms with E-state index in [1.54, 1.807) is 0 Å². The van der Waals surface area contributed by atoms with Crippen molar-refractivity contribution < 1.29 is 9.59 Å². The first-order valence-corrected chi connectivity index (χ1v) is 7.95. The highest BCUT2D eigenvalue weighted by atomic mass is 35.5. The van der Waals surface area contributed by atoms with Crippen molar-refractivity contribution >= 4 is 35.3 Å². The molecule has 0 unspecified atom stereocenters. The molecule has 1 aliphatic rings. The molecule has 6 nitrogen and oxygen atoms in total. The molecule has 1 rings (SSSR count). The fraction of sp³-hybridized carbons (Fsp3) is 0.833. The maximum Gasteiger partial charge on any atom is 0.315 e. The Kier molecular flexibility index (Phi) is 8.53. The Labute approximate surface area is 129 Å². The molecule has 1 saturated carbocycles. The number of carbonyl (C=O) groups excluding carboxylic acids is 2. The lowest BCUT2D eigenvalue weighted by molar-refractivity contribution is 0.214. The summed E-state index contributed by atoms with van der Waals surface area (Å²) in [6.45, 7) is 0.850. The first-order chi connectivity index (χ1) is 9.67. The smallest absolute Gasteiger partial charge is 0.315 e. The van der Waals surface area contributed by atoms with Gasteiger partial charge in [-0.3, -0.25) is 0 Å². The van der Waals surface area contributed by atoms with Crippen LogP contribution in [0.25, 0.3) is 0 Å². The third kappa shape index (κ3) is 6.52. The third-order valence-electron chi connectivity index (χ3n) is 3.16. The van der Waals surface area contributed by atoms with Gasteiger partial charge in [0.1, 0.15) is 0 Å². The number of hydrogen-bond donors (Lipinski definition) is 4. The average Bonchev–Trinajstić information content (AvgIpc) is 2.45. The molecule has 4 N–H and O–H groups in total. The van der Waals surface area contributed by atoms with Gasteiger partial charge in [0.05, 0.1) is 12.1 Å². The molecule has 2 atom stereocenters. The Morgan fingerprint density at radius 3 is 1.60 bits per heavy atom. The number of rotatable bonds is 6. The summed E-state index contributed by atoms with van der Waals surface area (Å²) in [6, 6.07) is -0.599. The van der Waals surface area contributed by atoms with E-state index in [0.29, 0.717) is 24.8 Å². The van der Waals surface area contributed by atoms with Crippen LogP contribution in [0.5, 0.6) is 0 Å².